The van der Waals surface area contributed by atoms with Gasteiger partial charge in [0.25, 0.3) is 0 Å². The van der Waals surface area contributed by atoms with Crippen LogP contribution < -0.4 is 5.32 Å². The molecule has 1 N–H and O–H groups in total. The second kappa shape index (κ2) is 6.02. The highest BCUT2D eigenvalue weighted by molar-refractivity contribution is 9.10. The molecule has 0 bridgehead atoms. The van der Waals surface area contributed by atoms with E-state index in [1.807, 2.05) is 6.07 Å². The molecule has 1 aliphatic carbocycles. The lowest BCUT2D eigenvalue weighted by molar-refractivity contribution is -0.103. The van der Waals surface area contributed by atoms with Crippen molar-refractivity contribution >= 4 is 21.6 Å². The Morgan fingerprint density at radius 2 is 2.05 bits per heavy atom. The number of hydrogen-bond donors (Lipinski definition) is 1. The van der Waals surface area contributed by atoms with Crippen LogP contribution in [0.4, 0.5) is 10.1 Å². The second-order valence-corrected chi connectivity index (χ2v) is 6.90. The van der Waals surface area contributed by atoms with Gasteiger partial charge in [-0.3, -0.25) is 0 Å². The molecule has 3 rings (SSSR count). The molecule has 1 aliphatic heterocycles. The summed E-state index contributed by atoms with van der Waals surface area (Å²) in [5.74, 6) is -0.210. The second-order valence-electron chi connectivity index (χ2n) is 6.05. The normalized spacial score (nSPS) is 25.6. The molecule has 110 valence electrons. The topological polar surface area (TPSA) is 21.3 Å². The molecule has 1 saturated heterocycles. The van der Waals surface area contributed by atoms with Gasteiger partial charge in [0.05, 0.1) is 5.60 Å². The fourth-order valence-electron chi connectivity index (χ4n) is 3.52. The summed E-state index contributed by atoms with van der Waals surface area (Å²) in [7, 11) is 0. The van der Waals surface area contributed by atoms with E-state index in [0.717, 1.165) is 29.6 Å². The Kier molecular flexibility index (Phi) is 4.32. The van der Waals surface area contributed by atoms with Crippen molar-refractivity contribution < 1.29 is 9.13 Å². The summed E-state index contributed by atoms with van der Waals surface area (Å²) in [5, 5.41) is 3.55. The van der Waals surface area contributed by atoms with Crippen molar-refractivity contribution in [2.24, 2.45) is 0 Å². The van der Waals surface area contributed by atoms with E-state index in [2.05, 4.69) is 21.2 Å². The van der Waals surface area contributed by atoms with E-state index < -0.39 is 0 Å². The molecule has 2 aliphatic rings. The van der Waals surface area contributed by atoms with Crippen molar-refractivity contribution in [3.05, 3.63) is 28.5 Å². The van der Waals surface area contributed by atoms with Gasteiger partial charge in [-0.2, -0.15) is 0 Å². The van der Waals surface area contributed by atoms with E-state index in [-0.39, 0.29) is 11.4 Å². The van der Waals surface area contributed by atoms with Crippen LogP contribution in [0.2, 0.25) is 0 Å². The minimum absolute atomic E-state index is 0.0979. The van der Waals surface area contributed by atoms with Gasteiger partial charge in [-0.15, -0.1) is 0 Å². The summed E-state index contributed by atoms with van der Waals surface area (Å²) < 4.78 is 20.0. The number of nitrogens with one attached hydrogen (secondary N) is 1. The minimum Gasteiger partial charge on any atom is -0.381 e. The Bertz CT molecular complexity index is 468. The van der Waals surface area contributed by atoms with Crippen LogP contribution in [-0.2, 0) is 4.74 Å². The Morgan fingerprint density at radius 1 is 1.25 bits per heavy atom. The number of anilines is 1. The van der Waals surface area contributed by atoms with E-state index in [1.54, 1.807) is 0 Å². The molecule has 1 spiro atoms. The number of hydrogen-bond acceptors (Lipinski definition) is 2. The third-order valence-corrected chi connectivity index (χ3v) is 5.20. The standard InChI is InChI=1S/C16H21BrFNO/c17-14-10-12(18)4-5-15(14)19-13-6-9-20-16(11-13)7-2-1-3-8-16/h4-5,10,13,19H,1-3,6-9,11H2. The van der Waals surface area contributed by atoms with Gasteiger partial charge in [0.2, 0.25) is 0 Å². The van der Waals surface area contributed by atoms with Crippen LogP contribution in [-0.4, -0.2) is 18.2 Å². The molecule has 1 heterocycles. The van der Waals surface area contributed by atoms with Crippen LogP contribution in [0.1, 0.15) is 44.9 Å². The first-order chi connectivity index (χ1) is 9.67. The predicted octanol–water partition coefficient (Wildman–Crippen LogP) is 4.88. The summed E-state index contributed by atoms with van der Waals surface area (Å²) >= 11 is 3.43. The summed E-state index contributed by atoms with van der Waals surface area (Å²) in [5.41, 5.74) is 1.07. The summed E-state index contributed by atoms with van der Waals surface area (Å²) in [6, 6.07) is 5.24. The molecular weight excluding hydrogens is 321 g/mol. The van der Waals surface area contributed by atoms with Crippen LogP contribution in [0.25, 0.3) is 0 Å². The van der Waals surface area contributed by atoms with Gasteiger partial charge in [-0.1, -0.05) is 19.3 Å². The van der Waals surface area contributed by atoms with Gasteiger partial charge in [0, 0.05) is 22.8 Å². The maximum absolute atomic E-state index is 13.1. The van der Waals surface area contributed by atoms with Crippen molar-refractivity contribution in [1.29, 1.82) is 0 Å². The molecule has 0 radical (unpaired) electrons. The van der Waals surface area contributed by atoms with Crippen molar-refractivity contribution in [3.63, 3.8) is 0 Å². The number of halogens is 2. The van der Waals surface area contributed by atoms with E-state index in [4.69, 9.17) is 4.74 Å². The average molecular weight is 342 g/mol. The lowest BCUT2D eigenvalue weighted by Gasteiger charge is -2.44. The predicted molar refractivity (Wildman–Crippen MR) is 82.5 cm³/mol. The third-order valence-electron chi connectivity index (χ3n) is 4.55. The minimum atomic E-state index is -0.210. The first-order valence-corrected chi connectivity index (χ1v) is 8.32. The fourth-order valence-corrected chi connectivity index (χ4v) is 3.99. The third kappa shape index (κ3) is 3.17. The van der Waals surface area contributed by atoms with Gasteiger partial charge in [-0.25, -0.2) is 4.39 Å². The largest absolute Gasteiger partial charge is 0.381 e. The first-order valence-electron chi connectivity index (χ1n) is 7.52. The molecule has 2 fully saturated rings. The van der Waals surface area contributed by atoms with Gasteiger partial charge < -0.3 is 10.1 Å². The molecule has 0 aromatic heterocycles. The lowest BCUT2D eigenvalue weighted by atomic mass is 9.78. The van der Waals surface area contributed by atoms with Crippen molar-refractivity contribution in [3.8, 4) is 0 Å². The molecular formula is C16H21BrFNO. The molecule has 1 unspecified atom stereocenters. The SMILES string of the molecule is Fc1ccc(NC2CCOC3(CCCCC3)C2)c(Br)c1. The summed E-state index contributed by atoms with van der Waals surface area (Å²) in [6.45, 7) is 0.830. The molecule has 1 atom stereocenters. The maximum Gasteiger partial charge on any atom is 0.124 e. The molecule has 1 aromatic rings. The summed E-state index contributed by atoms with van der Waals surface area (Å²) in [4.78, 5) is 0. The van der Waals surface area contributed by atoms with E-state index in [0.29, 0.717) is 6.04 Å². The molecule has 1 aromatic carbocycles. The van der Waals surface area contributed by atoms with Gasteiger partial charge >= 0.3 is 0 Å². The van der Waals surface area contributed by atoms with E-state index in [1.165, 1.54) is 44.2 Å². The van der Waals surface area contributed by atoms with E-state index in [9.17, 15) is 4.39 Å². The Balaban J connectivity index is 1.68. The summed E-state index contributed by atoms with van der Waals surface area (Å²) in [6.07, 6.45) is 8.38. The highest BCUT2D eigenvalue weighted by atomic mass is 79.9. The lowest BCUT2D eigenvalue weighted by Crippen LogP contribution is -2.45. The number of ether oxygens (including phenoxy) is 1. The van der Waals surface area contributed by atoms with Gasteiger partial charge in [-0.05, 0) is 59.8 Å². The zero-order valence-electron chi connectivity index (χ0n) is 11.6. The van der Waals surface area contributed by atoms with Gasteiger partial charge in [0.1, 0.15) is 5.82 Å². The zero-order chi connectivity index (χ0) is 14.0. The molecule has 0 amide bonds. The van der Waals surface area contributed by atoms with Crippen molar-refractivity contribution in [2.45, 2.75) is 56.6 Å². The fraction of sp³-hybridized carbons (Fsp3) is 0.625. The smallest absolute Gasteiger partial charge is 0.124 e. The van der Waals surface area contributed by atoms with Crippen LogP contribution in [0.3, 0.4) is 0 Å². The first kappa shape index (κ1) is 14.3. The monoisotopic (exact) mass is 341 g/mol. The molecule has 4 heteroatoms. The van der Waals surface area contributed by atoms with Crippen molar-refractivity contribution in [2.75, 3.05) is 11.9 Å². The Hall–Kier alpha value is -0.610. The highest BCUT2D eigenvalue weighted by Crippen LogP contribution is 2.39. The average Bonchev–Trinajstić information content (AvgIpc) is 2.43. The highest BCUT2D eigenvalue weighted by Gasteiger charge is 2.38. The van der Waals surface area contributed by atoms with E-state index >= 15 is 0 Å². The quantitative estimate of drug-likeness (QED) is 0.827. The molecule has 2 nitrogen and oxygen atoms in total. The number of benzene rings is 1. The van der Waals surface area contributed by atoms with Gasteiger partial charge in [0.15, 0.2) is 0 Å². The maximum atomic E-state index is 13.1. The Labute approximate surface area is 128 Å². The Morgan fingerprint density at radius 3 is 2.80 bits per heavy atom. The molecule has 1 saturated carbocycles. The van der Waals surface area contributed by atoms with Crippen LogP contribution in [0.15, 0.2) is 22.7 Å². The zero-order valence-corrected chi connectivity index (χ0v) is 13.2. The van der Waals surface area contributed by atoms with Crippen LogP contribution >= 0.6 is 15.9 Å². The van der Waals surface area contributed by atoms with Crippen LogP contribution in [0.5, 0.6) is 0 Å². The molecule has 20 heavy (non-hydrogen) atoms. The van der Waals surface area contributed by atoms with Crippen molar-refractivity contribution in [1.82, 2.24) is 0 Å². The number of rotatable bonds is 2. The van der Waals surface area contributed by atoms with Crippen LogP contribution in [0, 0.1) is 5.82 Å².